The van der Waals surface area contributed by atoms with Gasteiger partial charge in [0.2, 0.25) is 0 Å². The largest absolute Gasteiger partial charge is 0.497 e. The number of alkyl halides is 3. The van der Waals surface area contributed by atoms with Gasteiger partial charge in [0.15, 0.2) is 0 Å². The van der Waals surface area contributed by atoms with Gasteiger partial charge in [-0.3, -0.25) is 0 Å². The Labute approximate surface area is 131 Å². The molecule has 0 saturated heterocycles. The Balaban J connectivity index is 2.22. The quantitative estimate of drug-likeness (QED) is 0.833. The summed E-state index contributed by atoms with van der Waals surface area (Å²) in [6, 6.07) is 7.17. The molecule has 0 spiro atoms. The molecule has 0 bridgehead atoms. The lowest BCUT2D eigenvalue weighted by Crippen LogP contribution is -2.06. The van der Waals surface area contributed by atoms with Crippen molar-refractivity contribution in [3.05, 3.63) is 48.1 Å². The second kappa shape index (κ2) is 5.68. The Kier molecular flexibility index (Phi) is 3.83. The van der Waals surface area contributed by atoms with Crippen molar-refractivity contribution in [1.29, 1.82) is 0 Å². The summed E-state index contributed by atoms with van der Waals surface area (Å²) in [5.41, 5.74) is 0.671. The van der Waals surface area contributed by atoms with Crippen molar-refractivity contribution in [3.63, 3.8) is 0 Å². The van der Waals surface area contributed by atoms with Gasteiger partial charge in [0.25, 0.3) is 0 Å². The van der Waals surface area contributed by atoms with Crippen molar-refractivity contribution in [2.24, 2.45) is 0 Å². The molecule has 0 aliphatic carbocycles. The number of benzene rings is 2. The minimum absolute atomic E-state index is 0.338. The van der Waals surface area contributed by atoms with E-state index in [9.17, 15) is 13.2 Å². The van der Waals surface area contributed by atoms with E-state index in [-0.39, 0.29) is 0 Å². The zero-order valence-electron chi connectivity index (χ0n) is 12.5. The fraction of sp³-hybridized carbons (Fsp3) is 0.235. The van der Waals surface area contributed by atoms with Gasteiger partial charge >= 0.3 is 6.18 Å². The highest BCUT2D eigenvalue weighted by Crippen LogP contribution is 2.45. The fourth-order valence-corrected chi connectivity index (χ4v) is 2.58. The first kappa shape index (κ1) is 15.5. The average Bonchev–Trinajstić information content (AvgIpc) is 3.01. The molecule has 1 heterocycles. The van der Waals surface area contributed by atoms with E-state index in [0.717, 1.165) is 12.1 Å². The number of methoxy groups -OCH3 is 2. The molecule has 1 aliphatic rings. The number of ether oxygens (including phenoxy) is 3. The summed E-state index contributed by atoms with van der Waals surface area (Å²) in [6.07, 6.45) is -4.09. The molecule has 0 atom stereocenters. The fourth-order valence-electron chi connectivity index (χ4n) is 2.58. The molecule has 121 valence electrons. The van der Waals surface area contributed by atoms with Gasteiger partial charge in [0.05, 0.1) is 19.8 Å². The maximum Gasteiger partial charge on any atom is 0.416 e. The third kappa shape index (κ3) is 2.81. The minimum atomic E-state index is -4.42. The van der Waals surface area contributed by atoms with Crippen LogP contribution in [0.5, 0.6) is 17.2 Å². The third-order valence-electron chi connectivity index (χ3n) is 3.70. The zero-order valence-corrected chi connectivity index (χ0v) is 12.5. The van der Waals surface area contributed by atoms with Crippen molar-refractivity contribution in [1.82, 2.24) is 0 Å². The molecular formula is C17H14F3O3. The monoisotopic (exact) mass is 323 g/mol. The second-order valence-electron chi connectivity index (χ2n) is 5.06. The summed E-state index contributed by atoms with van der Waals surface area (Å²) in [7, 11) is 2.97. The van der Waals surface area contributed by atoms with E-state index in [1.54, 1.807) is 18.2 Å². The molecule has 2 aromatic carbocycles. The van der Waals surface area contributed by atoms with Gasteiger partial charge in [-0.2, -0.15) is 13.2 Å². The highest BCUT2D eigenvalue weighted by atomic mass is 19.4. The van der Waals surface area contributed by atoms with E-state index in [1.165, 1.54) is 20.8 Å². The topological polar surface area (TPSA) is 27.7 Å². The van der Waals surface area contributed by atoms with Crippen LogP contribution in [0.15, 0.2) is 30.3 Å². The predicted molar refractivity (Wildman–Crippen MR) is 78.6 cm³/mol. The molecule has 1 aliphatic heterocycles. The van der Waals surface area contributed by atoms with Crippen molar-refractivity contribution in [2.75, 3.05) is 14.2 Å². The average molecular weight is 323 g/mol. The molecular weight excluding hydrogens is 309 g/mol. The Morgan fingerprint density at radius 3 is 2.43 bits per heavy atom. The highest BCUT2D eigenvalue weighted by molar-refractivity contribution is 5.79. The van der Waals surface area contributed by atoms with E-state index in [2.05, 4.69) is 0 Å². The molecule has 0 aromatic heterocycles. The number of rotatable bonds is 3. The van der Waals surface area contributed by atoms with Gasteiger partial charge in [-0.15, -0.1) is 0 Å². The molecule has 0 unspecified atom stereocenters. The smallest absolute Gasteiger partial charge is 0.416 e. The van der Waals surface area contributed by atoms with Crippen molar-refractivity contribution < 1.29 is 27.4 Å². The number of halogens is 3. The van der Waals surface area contributed by atoms with E-state index in [1.807, 2.05) is 0 Å². The summed E-state index contributed by atoms with van der Waals surface area (Å²) in [5.74, 6) is 1.41. The first-order valence-electron chi connectivity index (χ1n) is 6.89. The normalized spacial score (nSPS) is 13.4. The van der Waals surface area contributed by atoms with Gasteiger partial charge in [-0.1, -0.05) is 0 Å². The van der Waals surface area contributed by atoms with Crippen LogP contribution < -0.4 is 14.2 Å². The predicted octanol–water partition coefficient (Wildman–Crippen LogP) is 4.49. The lowest BCUT2D eigenvalue weighted by Gasteiger charge is -2.16. The molecule has 23 heavy (non-hydrogen) atoms. The summed E-state index contributed by atoms with van der Waals surface area (Å²) in [6.45, 7) is 1.49. The number of hydrogen-bond acceptors (Lipinski definition) is 3. The molecule has 2 aromatic rings. The van der Waals surface area contributed by atoms with Crippen LogP contribution >= 0.6 is 0 Å². The van der Waals surface area contributed by atoms with Crippen LogP contribution in [0.4, 0.5) is 13.2 Å². The molecule has 3 nitrogen and oxygen atoms in total. The molecule has 0 fully saturated rings. The highest BCUT2D eigenvalue weighted by Gasteiger charge is 2.34. The van der Waals surface area contributed by atoms with Gasteiger partial charge in [0, 0.05) is 23.6 Å². The summed E-state index contributed by atoms with van der Waals surface area (Å²) in [5, 5.41) is 0. The Morgan fingerprint density at radius 2 is 1.78 bits per heavy atom. The van der Waals surface area contributed by atoms with Crippen molar-refractivity contribution in [2.45, 2.75) is 12.6 Å². The summed E-state index contributed by atoms with van der Waals surface area (Å²) >= 11 is 0. The maximum absolute atomic E-state index is 13.2. The van der Waals surface area contributed by atoms with Gasteiger partial charge in [-0.25, -0.2) is 0 Å². The minimum Gasteiger partial charge on any atom is -0.497 e. The van der Waals surface area contributed by atoms with Crippen molar-refractivity contribution in [3.8, 4) is 28.4 Å². The van der Waals surface area contributed by atoms with Crippen molar-refractivity contribution >= 4 is 0 Å². The Hall–Kier alpha value is -2.37. The van der Waals surface area contributed by atoms with Gasteiger partial charge in [-0.05, 0) is 29.8 Å². The first-order chi connectivity index (χ1) is 10.9. The maximum atomic E-state index is 13.2. The molecule has 0 saturated carbocycles. The molecule has 6 heteroatoms. The van der Waals surface area contributed by atoms with Crippen LogP contribution in [-0.2, 0) is 12.6 Å². The molecule has 3 rings (SSSR count). The Morgan fingerprint density at radius 1 is 1.00 bits per heavy atom. The lowest BCUT2D eigenvalue weighted by molar-refractivity contribution is -0.137. The Bertz CT molecular complexity index is 739. The van der Waals surface area contributed by atoms with E-state index < -0.39 is 11.7 Å². The molecule has 1 radical (unpaired) electrons. The van der Waals surface area contributed by atoms with Crippen LogP contribution in [-0.4, -0.2) is 14.2 Å². The number of fused-ring (bicyclic) bond motifs is 1. The molecule has 0 amide bonds. The van der Waals surface area contributed by atoms with Crippen LogP contribution in [0, 0.1) is 6.61 Å². The summed E-state index contributed by atoms with van der Waals surface area (Å²) in [4.78, 5) is 0. The zero-order chi connectivity index (χ0) is 16.6. The van der Waals surface area contributed by atoms with E-state index in [0.29, 0.717) is 40.4 Å². The van der Waals surface area contributed by atoms with E-state index in [4.69, 9.17) is 14.2 Å². The second-order valence-corrected chi connectivity index (χ2v) is 5.06. The van der Waals surface area contributed by atoms with Gasteiger partial charge < -0.3 is 14.2 Å². The van der Waals surface area contributed by atoms with Gasteiger partial charge in [0.1, 0.15) is 23.9 Å². The third-order valence-corrected chi connectivity index (χ3v) is 3.70. The van der Waals surface area contributed by atoms with Crippen LogP contribution in [0.2, 0.25) is 0 Å². The van der Waals surface area contributed by atoms with Crippen LogP contribution in [0.3, 0.4) is 0 Å². The SMILES string of the molecule is COc1ccc(-c2cc(C(F)(F)F)cc3c2O[CH]C3)c(OC)c1. The lowest BCUT2D eigenvalue weighted by atomic mass is 9.97. The van der Waals surface area contributed by atoms with Crippen LogP contribution in [0.1, 0.15) is 11.1 Å². The first-order valence-corrected chi connectivity index (χ1v) is 6.89. The van der Waals surface area contributed by atoms with E-state index >= 15 is 0 Å². The molecule has 0 N–H and O–H groups in total. The summed E-state index contributed by atoms with van der Waals surface area (Å²) < 4.78 is 55.3. The van der Waals surface area contributed by atoms with Crippen LogP contribution in [0.25, 0.3) is 11.1 Å². The number of hydrogen-bond donors (Lipinski definition) is 0. The standard InChI is InChI=1S/C17H14F3O3/c1-21-12-3-4-13(15(9-12)22-2)14-8-11(17(18,19)20)7-10-5-6-23-16(10)14/h3-4,6-9H,5H2,1-2H3.